The average Bonchev–Trinajstić information content (AvgIpc) is 3.38. The minimum absolute atomic E-state index is 0.0338. The first-order chi connectivity index (χ1) is 13.0. The molecule has 0 spiro atoms. The number of rotatable bonds is 5. The highest BCUT2D eigenvalue weighted by atomic mass is 16.5. The first-order valence-electron chi connectivity index (χ1n) is 9.33. The van der Waals surface area contributed by atoms with E-state index in [0.29, 0.717) is 37.4 Å². The van der Waals surface area contributed by atoms with Gasteiger partial charge in [-0.25, -0.2) is 0 Å². The summed E-state index contributed by atoms with van der Waals surface area (Å²) in [5.74, 6) is -1.07. The number of imide groups is 1. The van der Waals surface area contributed by atoms with Gasteiger partial charge in [0.1, 0.15) is 0 Å². The maximum atomic E-state index is 12.7. The smallest absolute Gasteiger partial charge is 0.261 e. The van der Waals surface area contributed by atoms with Gasteiger partial charge >= 0.3 is 0 Å². The molecule has 3 aliphatic rings. The van der Waals surface area contributed by atoms with Gasteiger partial charge in [-0.2, -0.15) is 0 Å². The highest BCUT2D eigenvalue weighted by Gasteiger charge is 2.38. The first-order valence-corrected chi connectivity index (χ1v) is 9.33. The molecule has 1 aromatic carbocycles. The first kappa shape index (κ1) is 18.1. The molecule has 3 atom stereocenters. The second kappa shape index (κ2) is 7.38. The van der Waals surface area contributed by atoms with Crippen molar-refractivity contribution in [2.45, 2.75) is 25.0 Å². The Labute approximate surface area is 156 Å². The zero-order chi connectivity index (χ0) is 19.0. The van der Waals surface area contributed by atoms with Crippen LogP contribution in [0.25, 0.3) is 0 Å². The van der Waals surface area contributed by atoms with Gasteiger partial charge in [0.05, 0.1) is 29.9 Å². The van der Waals surface area contributed by atoms with Crippen LogP contribution >= 0.6 is 0 Å². The maximum absolute atomic E-state index is 12.7. The zero-order valence-corrected chi connectivity index (χ0v) is 14.9. The molecule has 0 saturated carbocycles. The standard InChI is InChI=1S/C19H23N3O5/c23-16-9-20-7-12(16)8-21-17(24)11-3-4-14-15(6-11)19(26)22(18(14)25)10-13-2-1-5-27-13/h3-4,6,12-13,16,20,23H,1-2,5,7-10H2,(H,21,24). The fourth-order valence-corrected chi connectivity index (χ4v) is 3.84. The molecule has 3 heterocycles. The van der Waals surface area contributed by atoms with Gasteiger partial charge in [0.25, 0.3) is 17.7 Å². The average molecular weight is 373 g/mol. The Morgan fingerprint density at radius 3 is 2.78 bits per heavy atom. The second-order valence-electron chi connectivity index (χ2n) is 7.31. The molecule has 0 radical (unpaired) electrons. The molecule has 3 N–H and O–H groups in total. The molecule has 0 aromatic heterocycles. The molecule has 4 rings (SSSR count). The van der Waals surface area contributed by atoms with Crippen LogP contribution in [0, 0.1) is 5.92 Å². The molecule has 8 heteroatoms. The summed E-state index contributed by atoms with van der Waals surface area (Å²) >= 11 is 0. The SMILES string of the molecule is O=C(NCC1CNCC1O)c1ccc2c(c1)C(=O)N(CC1CCCO1)C2=O. The lowest BCUT2D eigenvalue weighted by Gasteiger charge is -2.17. The van der Waals surface area contributed by atoms with Gasteiger partial charge in [-0.3, -0.25) is 19.3 Å². The molecule has 3 aliphatic heterocycles. The van der Waals surface area contributed by atoms with Crippen LogP contribution < -0.4 is 10.6 Å². The molecule has 27 heavy (non-hydrogen) atoms. The summed E-state index contributed by atoms with van der Waals surface area (Å²) in [4.78, 5) is 38.8. The number of hydrogen-bond acceptors (Lipinski definition) is 6. The molecule has 3 amide bonds. The number of aliphatic hydroxyl groups excluding tert-OH is 1. The summed E-state index contributed by atoms with van der Waals surface area (Å²) < 4.78 is 5.53. The predicted molar refractivity (Wildman–Crippen MR) is 95.5 cm³/mol. The van der Waals surface area contributed by atoms with Crippen LogP contribution in [0.2, 0.25) is 0 Å². The number of fused-ring (bicyclic) bond motifs is 1. The van der Waals surface area contributed by atoms with E-state index >= 15 is 0 Å². The predicted octanol–water partition coefficient (Wildman–Crippen LogP) is -0.228. The monoisotopic (exact) mass is 373 g/mol. The van der Waals surface area contributed by atoms with E-state index in [1.807, 2.05) is 0 Å². The number of carbonyl (C=O) groups is 3. The largest absolute Gasteiger partial charge is 0.391 e. The van der Waals surface area contributed by atoms with E-state index < -0.39 is 6.10 Å². The van der Waals surface area contributed by atoms with Crippen LogP contribution in [0.5, 0.6) is 0 Å². The third-order valence-corrected chi connectivity index (χ3v) is 5.47. The van der Waals surface area contributed by atoms with Gasteiger partial charge in [0.15, 0.2) is 0 Å². The van der Waals surface area contributed by atoms with Gasteiger partial charge in [0.2, 0.25) is 0 Å². The van der Waals surface area contributed by atoms with E-state index in [-0.39, 0.29) is 41.9 Å². The van der Waals surface area contributed by atoms with E-state index in [2.05, 4.69) is 10.6 Å². The fraction of sp³-hybridized carbons (Fsp3) is 0.526. The van der Waals surface area contributed by atoms with Crippen molar-refractivity contribution in [1.82, 2.24) is 15.5 Å². The second-order valence-corrected chi connectivity index (χ2v) is 7.31. The number of nitrogens with one attached hydrogen (secondary N) is 2. The molecule has 3 unspecified atom stereocenters. The van der Waals surface area contributed by atoms with E-state index in [0.717, 1.165) is 12.8 Å². The Morgan fingerprint density at radius 1 is 1.26 bits per heavy atom. The highest BCUT2D eigenvalue weighted by Crippen LogP contribution is 2.26. The van der Waals surface area contributed by atoms with Crippen molar-refractivity contribution in [2.75, 3.05) is 32.8 Å². The normalized spacial score (nSPS) is 27.3. The van der Waals surface area contributed by atoms with Crippen LogP contribution in [0.1, 0.15) is 43.9 Å². The molecule has 144 valence electrons. The summed E-state index contributed by atoms with van der Waals surface area (Å²) in [5.41, 5.74) is 0.910. The minimum atomic E-state index is -0.476. The van der Waals surface area contributed by atoms with Crippen LogP contribution in [0.3, 0.4) is 0 Å². The lowest BCUT2D eigenvalue weighted by atomic mass is 10.0. The number of hydrogen-bond donors (Lipinski definition) is 3. The van der Waals surface area contributed by atoms with E-state index in [4.69, 9.17) is 4.74 Å². The van der Waals surface area contributed by atoms with E-state index in [1.54, 1.807) is 6.07 Å². The van der Waals surface area contributed by atoms with Gasteiger partial charge in [-0.15, -0.1) is 0 Å². The number of benzene rings is 1. The lowest BCUT2D eigenvalue weighted by Crippen LogP contribution is -2.36. The van der Waals surface area contributed by atoms with Crippen molar-refractivity contribution in [3.05, 3.63) is 34.9 Å². The zero-order valence-electron chi connectivity index (χ0n) is 14.9. The molecular formula is C19H23N3O5. The molecule has 2 saturated heterocycles. The summed E-state index contributed by atoms with van der Waals surface area (Å²) in [7, 11) is 0. The van der Waals surface area contributed by atoms with Crippen molar-refractivity contribution in [3.8, 4) is 0 Å². The molecule has 8 nitrogen and oxygen atoms in total. The van der Waals surface area contributed by atoms with Gasteiger partial charge in [0, 0.05) is 37.7 Å². The van der Waals surface area contributed by atoms with Crippen LogP contribution in [-0.2, 0) is 4.74 Å². The highest BCUT2D eigenvalue weighted by molar-refractivity contribution is 6.22. The van der Waals surface area contributed by atoms with Gasteiger partial charge in [-0.1, -0.05) is 0 Å². The summed E-state index contributed by atoms with van der Waals surface area (Å²) in [6, 6.07) is 4.56. The van der Waals surface area contributed by atoms with E-state index in [9.17, 15) is 19.5 Å². The van der Waals surface area contributed by atoms with Crippen molar-refractivity contribution < 1.29 is 24.2 Å². The maximum Gasteiger partial charge on any atom is 0.261 e. The Bertz CT molecular complexity index is 775. The number of β-amino-alcohol motifs (C(OH)–C–C–N with tert-alkyl or cyclic N) is 1. The Kier molecular flexibility index (Phi) is 4.94. The van der Waals surface area contributed by atoms with Gasteiger partial charge < -0.3 is 20.5 Å². The molecule has 0 bridgehead atoms. The fourth-order valence-electron chi connectivity index (χ4n) is 3.84. The molecule has 0 aliphatic carbocycles. The quantitative estimate of drug-likeness (QED) is 0.616. The van der Waals surface area contributed by atoms with Crippen LogP contribution in [0.4, 0.5) is 0 Å². The summed E-state index contributed by atoms with van der Waals surface area (Å²) in [5, 5.41) is 15.7. The third-order valence-electron chi connectivity index (χ3n) is 5.47. The number of ether oxygens (including phenoxy) is 1. The molecule has 1 aromatic rings. The Hall–Kier alpha value is -2.29. The number of aliphatic hydroxyl groups is 1. The van der Waals surface area contributed by atoms with Crippen molar-refractivity contribution in [2.24, 2.45) is 5.92 Å². The Morgan fingerprint density at radius 2 is 2.07 bits per heavy atom. The minimum Gasteiger partial charge on any atom is -0.391 e. The Balaban J connectivity index is 1.44. The number of carbonyl (C=O) groups excluding carboxylic acids is 3. The summed E-state index contributed by atoms with van der Waals surface area (Å²) in [6.45, 7) is 2.43. The van der Waals surface area contributed by atoms with E-state index in [1.165, 1.54) is 17.0 Å². The lowest BCUT2D eigenvalue weighted by molar-refractivity contribution is 0.0475. The van der Waals surface area contributed by atoms with Gasteiger partial charge in [-0.05, 0) is 31.0 Å². The number of nitrogens with zero attached hydrogens (tertiary/aromatic N) is 1. The van der Waals surface area contributed by atoms with Crippen molar-refractivity contribution in [1.29, 1.82) is 0 Å². The van der Waals surface area contributed by atoms with Crippen LogP contribution in [-0.4, -0.2) is 72.7 Å². The van der Waals surface area contributed by atoms with Crippen molar-refractivity contribution >= 4 is 17.7 Å². The third kappa shape index (κ3) is 3.47. The topological polar surface area (TPSA) is 108 Å². The summed E-state index contributed by atoms with van der Waals surface area (Å²) in [6.07, 6.45) is 1.18. The number of amides is 3. The molecule has 2 fully saturated rings. The molecular weight excluding hydrogens is 350 g/mol. The van der Waals surface area contributed by atoms with Crippen molar-refractivity contribution in [3.63, 3.8) is 0 Å². The van der Waals surface area contributed by atoms with Crippen LogP contribution in [0.15, 0.2) is 18.2 Å².